The minimum Gasteiger partial charge on any atom is -0.388 e. The molecule has 19 heavy (non-hydrogen) atoms. The molecule has 1 atom stereocenters. The van der Waals surface area contributed by atoms with Crippen LogP contribution in [0, 0.1) is 12.7 Å². The van der Waals surface area contributed by atoms with Gasteiger partial charge in [-0.1, -0.05) is 33.6 Å². The van der Waals surface area contributed by atoms with Gasteiger partial charge in [-0.05, 0) is 53.9 Å². The molecule has 0 aliphatic heterocycles. The van der Waals surface area contributed by atoms with Crippen LogP contribution in [0.1, 0.15) is 22.8 Å². The molecule has 2 rings (SSSR count). The van der Waals surface area contributed by atoms with Gasteiger partial charge in [0.2, 0.25) is 0 Å². The Hall–Kier alpha value is -0.900. The fourth-order valence-corrected chi connectivity index (χ4v) is 2.67. The van der Waals surface area contributed by atoms with E-state index < -0.39 is 6.10 Å². The molecule has 2 aromatic carbocycles. The summed E-state index contributed by atoms with van der Waals surface area (Å²) < 4.78 is 13.8. The predicted octanol–water partition coefficient (Wildman–Crippen LogP) is 4.83. The SMILES string of the molecule is Cc1cc(F)ccc1CC(O)c1cc(Cl)ccc1Br. The Bertz CT molecular complexity index is 601. The van der Waals surface area contributed by atoms with Crippen LogP contribution < -0.4 is 0 Å². The van der Waals surface area contributed by atoms with E-state index >= 15 is 0 Å². The average molecular weight is 344 g/mol. The Morgan fingerprint density at radius 3 is 2.68 bits per heavy atom. The van der Waals surface area contributed by atoms with Gasteiger partial charge in [-0.2, -0.15) is 0 Å². The first-order chi connectivity index (χ1) is 8.97. The zero-order valence-corrected chi connectivity index (χ0v) is 12.7. The molecular formula is C15H13BrClFO. The summed E-state index contributed by atoms with van der Waals surface area (Å²) in [4.78, 5) is 0. The molecule has 0 heterocycles. The van der Waals surface area contributed by atoms with Gasteiger partial charge in [-0.15, -0.1) is 0 Å². The largest absolute Gasteiger partial charge is 0.388 e. The lowest BCUT2D eigenvalue weighted by Crippen LogP contribution is -2.04. The fraction of sp³-hybridized carbons (Fsp3) is 0.200. The number of benzene rings is 2. The Labute approximate surface area is 125 Å². The first-order valence-electron chi connectivity index (χ1n) is 5.85. The van der Waals surface area contributed by atoms with Crippen LogP contribution in [0.3, 0.4) is 0 Å². The summed E-state index contributed by atoms with van der Waals surface area (Å²) in [7, 11) is 0. The number of aliphatic hydroxyl groups is 1. The first kappa shape index (κ1) is 14.5. The van der Waals surface area contributed by atoms with E-state index in [0.717, 1.165) is 21.2 Å². The Balaban J connectivity index is 2.25. The van der Waals surface area contributed by atoms with Crippen molar-refractivity contribution >= 4 is 27.5 Å². The number of aryl methyl sites for hydroxylation is 1. The molecule has 1 N–H and O–H groups in total. The standard InChI is InChI=1S/C15H13BrClFO/c1-9-6-12(18)4-2-10(9)7-15(19)13-8-11(17)3-5-14(13)16/h2-6,8,15,19H,7H2,1H3. The van der Waals surface area contributed by atoms with E-state index in [0.29, 0.717) is 11.4 Å². The van der Waals surface area contributed by atoms with Crippen molar-refractivity contribution in [3.63, 3.8) is 0 Å². The maximum Gasteiger partial charge on any atom is 0.123 e. The predicted molar refractivity (Wildman–Crippen MR) is 79.0 cm³/mol. The third kappa shape index (κ3) is 3.56. The van der Waals surface area contributed by atoms with Crippen molar-refractivity contribution in [2.24, 2.45) is 0 Å². The minimum absolute atomic E-state index is 0.264. The third-order valence-electron chi connectivity index (χ3n) is 3.03. The van der Waals surface area contributed by atoms with E-state index in [1.165, 1.54) is 12.1 Å². The van der Waals surface area contributed by atoms with Crippen LogP contribution in [-0.2, 0) is 6.42 Å². The number of hydrogen-bond acceptors (Lipinski definition) is 1. The van der Waals surface area contributed by atoms with Crippen molar-refractivity contribution in [2.75, 3.05) is 0 Å². The highest BCUT2D eigenvalue weighted by molar-refractivity contribution is 9.10. The van der Waals surface area contributed by atoms with E-state index in [1.54, 1.807) is 24.3 Å². The van der Waals surface area contributed by atoms with Gasteiger partial charge in [0.05, 0.1) is 6.10 Å². The quantitative estimate of drug-likeness (QED) is 0.846. The molecule has 1 nitrogen and oxygen atoms in total. The van der Waals surface area contributed by atoms with Gasteiger partial charge in [-0.25, -0.2) is 4.39 Å². The molecule has 0 saturated heterocycles. The molecule has 0 aromatic heterocycles. The topological polar surface area (TPSA) is 20.2 Å². The summed E-state index contributed by atoms with van der Waals surface area (Å²) in [5.41, 5.74) is 2.48. The maximum absolute atomic E-state index is 13.0. The molecular weight excluding hydrogens is 331 g/mol. The lowest BCUT2D eigenvalue weighted by molar-refractivity contribution is 0.177. The van der Waals surface area contributed by atoms with Crippen molar-refractivity contribution in [3.05, 3.63) is 68.4 Å². The average Bonchev–Trinajstić information content (AvgIpc) is 2.35. The van der Waals surface area contributed by atoms with E-state index in [2.05, 4.69) is 15.9 Å². The van der Waals surface area contributed by atoms with Crippen molar-refractivity contribution in [1.82, 2.24) is 0 Å². The van der Waals surface area contributed by atoms with Crippen molar-refractivity contribution in [3.8, 4) is 0 Å². The van der Waals surface area contributed by atoms with Crippen LogP contribution in [0.25, 0.3) is 0 Å². The smallest absolute Gasteiger partial charge is 0.123 e. The first-order valence-corrected chi connectivity index (χ1v) is 7.02. The molecule has 100 valence electrons. The molecule has 0 spiro atoms. The monoisotopic (exact) mass is 342 g/mol. The summed E-state index contributed by atoms with van der Waals surface area (Å²) in [5, 5.41) is 10.9. The Morgan fingerprint density at radius 2 is 2.00 bits per heavy atom. The molecule has 1 unspecified atom stereocenters. The number of hydrogen-bond donors (Lipinski definition) is 1. The van der Waals surface area contributed by atoms with E-state index in [-0.39, 0.29) is 5.82 Å². The maximum atomic E-state index is 13.0. The second-order valence-electron chi connectivity index (χ2n) is 4.46. The number of rotatable bonds is 3. The van der Waals surface area contributed by atoms with Gasteiger partial charge >= 0.3 is 0 Å². The summed E-state index contributed by atoms with van der Waals surface area (Å²) in [6, 6.07) is 9.86. The van der Waals surface area contributed by atoms with Crippen molar-refractivity contribution in [2.45, 2.75) is 19.4 Å². The summed E-state index contributed by atoms with van der Waals surface area (Å²) in [6.07, 6.45) is -0.261. The number of aliphatic hydroxyl groups excluding tert-OH is 1. The van der Waals surface area contributed by atoms with Gasteiger partial charge in [0.1, 0.15) is 5.82 Å². The summed E-state index contributed by atoms with van der Waals surface area (Å²) >= 11 is 9.33. The molecule has 0 saturated carbocycles. The van der Waals surface area contributed by atoms with Crippen LogP contribution >= 0.6 is 27.5 Å². The van der Waals surface area contributed by atoms with Crippen LogP contribution in [0.15, 0.2) is 40.9 Å². The zero-order chi connectivity index (χ0) is 14.0. The minimum atomic E-state index is -0.683. The number of halogens is 3. The molecule has 0 aliphatic carbocycles. The van der Waals surface area contributed by atoms with Crippen LogP contribution in [0.2, 0.25) is 5.02 Å². The van der Waals surface area contributed by atoms with Crippen molar-refractivity contribution in [1.29, 1.82) is 0 Å². The second-order valence-corrected chi connectivity index (χ2v) is 5.75. The zero-order valence-electron chi connectivity index (χ0n) is 10.3. The van der Waals surface area contributed by atoms with Crippen molar-refractivity contribution < 1.29 is 9.50 Å². The lowest BCUT2D eigenvalue weighted by Gasteiger charge is -2.15. The Kier molecular flexibility index (Phi) is 4.61. The van der Waals surface area contributed by atoms with E-state index in [9.17, 15) is 9.50 Å². The van der Waals surface area contributed by atoms with Crippen LogP contribution in [0.4, 0.5) is 4.39 Å². The molecule has 2 aromatic rings. The van der Waals surface area contributed by atoms with Gasteiger partial charge in [0.25, 0.3) is 0 Å². The fourth-order valence-electron chi connectivity index (χ4n) is 1.98. The van der Waals surface area contributed by atoms with Gasteiger partial charge < -0.3 is 5.11 Å². The molecule has 0 radical (unpaired) electrons. The highest BCUT2D eigenvalue weighted by Gasteiger charge is 2.14. The van der Waals surface area contributed by atoms with E-state index in [4.69, 9.17) is 11.6 Å². The summed E-state index contributed by atoms with van der Waals surface area (Å²) in [5.74, 6) is -0.264. The molecule has 0 fully saturated rings. The van der Waals surface area contributed by atoms with Gasteiger partial charge in [-0.3, -0.25) is 0 Å². The van der Waals surface area contributed by atoms with Gasteiger partial charge in [0.15, 0.2) is 0 Å². The molecule has 0 aliphatic rings. The second kappa shape index (κ2) is 6.04. The molecule has 4 heteroatoms. The molecule has 0 bridgehead atoms. The van der Waals surface area contributed by atoms with Crippen LogP contribution in [-0.4, -0.2) is 5.11 Å². The van der Waals surface area contributed by atoms with E-state index in [1.807, 2.05) is 6.92 Å². The normalized spacial score (nSPS) is 12.5. The third-order valence-corrected chi connectivity index (χ3v) is 3.99. The highest BCUT2D eigenvalue weighted by Crippen LogP contribution is 2.29. The van der Waals surface area contributed by atoms with Crippen LogP contribution in [0.5, 0.6) is 0 Å². The highest BCUT2D eigenvalue weighted by atomic mass is 79.9. The summed E-state index contributed by atoms with van der Waals surface area (Å²) in [6.45, 7) is 1.83. The van der Waals surface area contributed by atoms with Gasteiger partial charge in [0, 0.05) is 15.9 Å². The molecule has 0 amide bonds. The Morgan fingerprint density at radius 1 is 1.26 bits per heavy atom. The lowest BCUT2D eigenvalue weighted by atomic mass is 9.98.